The zero-order chi connectivity index (χ0) is 89.4. The summed E-state index contributed by atoms with van der Waals surface area (Å²) in [7, 11) is 5.76. The number of fused-ring (bicyclic) bond motifs is 12. The Hall–Kier alpha value is -11.1. The fourth-order valence-electron chi connectivity index (χ4n) is 15.9. The van der Waals surface area contributed by atoms with E-state index in [-0.39, 0.29) is 121 Å². The molecule has 4 aromatic carbocycles. The van der Waals surface area contributed by atoms with Crippen molar-refractivity contribution in [3.05, 3.63) is 148 Å². The van der Waals surface area contributed by atoms with Crippen molar-refractivity contribution in [2.24, 2.45) is 5.73 Å². The predicted molar refractivity (Wildman–Crippen MR) is 460 cm³/mol. The predicted octanol–water partition coefficient (Wildman–Crippen LogP) is 1.49. The molecular formula is C89H124FN18O17+. The Labute approximate surface area is 728 Å². The van der Waals surface area contributed by atoms with Crippen LogP contribution in [0.2, 0.25) is 0 Å². The second-order valence-electron chi connectivity index (χ2n) is 33.3. The van der Waals surface area contributed by atoms with Gasteiger partial charge in [-0.15, -0.1) is 5.10 Å². The first kappa shape index (κ1) is 96.1. The Morgan fingerprint density at radius 3 is 2.27 bits per heavy atom. The Morgan fingerprint density at radius 2 is 1.50 bits per heavy atom. The molecule has 4 aliphatic rings. The van der Waals surface area contributed by atoms with Crippen molar-refractivity contribution in [2.75, 3.05) is 126 Å². The summed E-state index contributed by atoms with van der Waals surface area (Å²) in [6, 6.07) is 20.0. The van der Waals surface area contributed by atoms with Crippen LogP contribution in [0.25, 0.3) is 10.9 Å². The number of hydrogen-bond donors (Lipinski definition) is 10. The molecule has 6 aromatic rings. The number of halogens is 1. The highest BCUT2D eigenvalue weighted by atomic mass is 19.1. The maximum Gasteiger partial charge on any atom is 0.246 e. The van der Waals surface area contributed by atoms with Crippen molar-refractivity contribution >= 4 is 82.2 Å². The van der Waals surface area contributed by atoms with Gasteiger partial charge in [0.25, 0.3) is 0 Å². The number of hydrogen-bond acceptors (Lipinski definition) is 21. The second-order valence-corrected chi connectivity index (χ2v) is 33.3. The Balaban J connectivity index is 0.800. The van der Waals surface area contributed by atoms with Gasteiger partial charge in [-0.05, 0) is 129 Å². The number of benzene rings is 4. The number of aldehydes is 1. The van der Waals surface area contributed by atoms with Crippen LogP contribution in [-0.4, -0.2) is 284 Å². The minimum atomic E-state index is -1.50. The van der Waals surface area contributed by atoms with E-state index in [0.717, 1.165) is 34.3 Å². The smallest absolute Gasteiger partial charge is 0.246 e. The lowest BCUT2D eigenvalue weighted by atomic mass is 9.95. The summed E-state index contributed by atoms with van der Waals surface area (Å²) >= 11 is 0. The van der Waals surface area contributed by atoms with Gasteiger partial charge in [0.15, 0.2) is 0 Å². The van der Waals surface area contributed by atoms with Gasteiger partial charge in [0.2, 0.25) is 65.0 Å². The summed E-state index contributed by atoms with van der Waals surface area (Å²) < 4.78 is 48.9. The van der Waals surface area contributed by atoms with E-state index in [2.05, 4.69) is 72.3 Å². The number of ether oxygens (including phenoxy) is 5. The summed E-state index contributed by atoms with van der Waals surface area (Å²) in [5.41, 5.74) is 9.87. The number of rotatable bonds is 33. The Bertz CT molecular complexity index is 4640. The van der Waals surface area contributed by atoms with E-state index in [1.165, 1.54) is 24.0 Å². The third-order valence-corrected chi connectivity index (χ3v) is 23.1. The van der Waals surface area contributed by atoms with Gasteiger partial charge in [0.1, 0.15) is 66.4 Å². The molecule has 11 N–H and O–H groups in total. The Morgan fingerprint density at radius 1 is 0.752 bits per heavy atom. The van der Waals surface area contributed by atoms with Gasteiger partial charge in [-0.2, -0.15) is 0 Å². The molecule has 0 aliphatic carbocycles. The number of likely N-dealkylation sites (tertiary alicyclic amines) is 1. The zero-order valence-electron chi connectivity index (χ0n) is 72.7. The number of carbonyl (C=O) groups is 12. The summed E-state index contributed by atoms with van der Waals surface area (Å²) in [5.74, 6) is -5.86. The third kappa shape index (κ3) is 29.2. The van der Waals surface area contributed by atoms with Crippen LogP contribution in [0.4, 0.5) is 4.39 Å². The van der Waals surface area contributed by atoms with Gasteiger partial charge in [-0.3, -0.25) is 62.7 Å². The molecule has 1 unspecified atom stereocenters. The molecule has 0 radical (unpaired) electrons. The monoisotopic (exact) mass is 1740 g/mol. The molecule has 35 nitrogen and oxygen atoms in total. The van der Waals surface area contributed by atoms with Crippen LogP contribution in [0.15, 0.2) is 103 Å². The average Bonchev–Trinajstić information content (AvgIpc) is 1.65. The van der Waals surface area contributed by atoms with E-state index < -0.39 is 108 Å². The van der Waals surface area contributed by atoms with Crippen molar-refractivity contribution in [3.63, 3.8) is 0 Å². The van der Waals surface area contributed by atoms with Crippen molar-refractivity contribution in [1.29, 1.82) is 0 Å². The first-order chi connectivity index (χ1) is 60.2. The first-order valence-corrected chi connectivity index (χ1v) is 43.4. The average molecular weight is 1740 g/mol. The minimum Gasteiger partial charge on any atom is -0.497 e. The molecule has 0 spiro atoms. The van der Waals surface area contributed by atoms with Gasteiger partial charge in [-0.1, -0.05) is 78.7 Å². The molecule has 678 valence electrons. The van der Waals surface area contributed by atoms with Gasteiger partial charge in [-0.25, -0.2) is 4.39 Å². The number of amides is 11. The van der Waals surface area contributed by atoms with Crippen LogP contribution in [0, 0.1) is 5.82 Å². The number of aryl methyl sites for hydroxylation is 1. The highest BCUT2D eigenvalue weighted by Gasteiger charge is 2.48. The van der Waals surface area contributed by atoms with Crippen LogP contribution in [0.1, 0.15) is 124 Å². The summed E-state index contributed by atoms with van der Waals surface area (Å²) in [4.78, 5) is 172. The van der Waals surface area contributed by atoms with Gasteiger partial charge >= 0.3 is 0 Å². The lowest BCUT2D eigenvalue weighted by Gasteiger charge is -2.36. The largest absolute Gasteiger partial charge is 0.497 e. The minimum absolute atomic E-state index is 0.00429. The van der Waals surface area contributed by atoms with E-state index in [9.17, 15) is 47.9 Å². The van der Waals surface area contributed by atoms with Gasteiger partial charge < -0.3 is 100 Å². The van der Waals surface area contributed by atoms with Crippen molar-refractivity contribution in [2.45, 2.75) is 191 Å². The highest BCUT2D eigenvalue weighted by Crippen LogP contribution is 2.32. The van der Waals surface area contributed by atoms with E-state index >= 15 is 14.0 Å². The van der Waals surface area contributed by atoms with Gasteiger partial charge in [0.05, 0.1) is 105 Å². The Kier molecular flexibility index (Phi) is 36.7. The number of likely N-dealkylation sites (N-methyl/N-ethyl adjacent to an activating group) is 1. The number of nitrogens with zero attached hydrogens (tertiary/aromatic N) is 8. The second kappa shape index (κ2) is 47.8. The van der Waals surface area contributed by atoms with Crippen molar-refractivity contribution in [1.82, 2.24) is 82.1 Å². The molecule has 2 fully saturated rings. The van der Waals surface area contributed by atoms with Gasteiger partial charge in [0, 0.05) is 115 Å². The summed E-state index contributed by atoms with van der Waals surface area (Å²) in [5, 5.41) is 34.4. The van der Waals surface area contributed by atoms with E-state index in [4.69, 9.17) is 29.4 Å². The maximum absolute atomic E-state index is 15.8. The normalized spacial score (nSPS) is 20.7. The van der Waals surface area contributed by atoms with Crippen molar-refractivity contribution in [3.8, 4) is 5.75 Å². The number of quaternary nitrogens is 1. The third-order valence-electron chi connectivity index (χ3n) is 23.1. The summed E-state index contributed by atoms with van der Waals surface area (Å²) in [6.07, 6.45) is 6.27. The van der Waals surface area contributed by atoms with Crippen LogP contribution in [0.3, 0.4) is 0 Å². The molecule has 6 heterocycles. The fourth-order valence-corrected chi connectivity index (χ4v) is 15.9. The first-order valence-electron chi connectivity index (χ1n) is 43.4. The molecule has 10 rings (SSSR count). The lowest BCUT2D eigenvalue weighted by molar-refractivity contribution is -0.889. The molecule has 0 saturated carbocycles. The molecule has 8 bridgehead atoms. The fraction of sp³-hybridized carbons (Fsp3) is 0.551. The molecule has 2 saturated heterocycles. The molecule has 4 aliphatic heterocycles. The number of nitrogens with two attached hydrogens (primary N) is 1. The van der Waals surface area contributed by atoms with E-state index in [1.54, 1.807) is 84.1 Å². The van der Waals surface area contributed by atoms with E-state index in [0.29, 0.717) is 149 Å². The maximum atomic E-state index is 15.8. The van der Waals surface area contributed by atoms with Crippen LogP contribution < -0.4 is 58.3 Å². The zero-order valence-corrected chi connectivity index (χ0v) is 72.7. The quantitative estimate of drug-likeness (QED) is 0.0158. The standard InChI is InChI=1S/C89H123FN18O17/c1-60(124-58-69-57-105(102-101-69)39-33-93-77(110)29-43-122-45-46-123-44-41-108(4,5)40-31-91)52-96-85(117)82-76-28-38-106(82)86(118)74-50-67-56-103(75-24-21-68(90)51-71(67)75)35-9-7-8-10-36-104(81(114)26-25-78(111)98-61(2)83(115)97-54-79(112)99-72(84(116)100-74)49-65-13-11-14-66(47-65)53-95-80(113)59-125-76)55-64-17-15-62(16-18-64)27-32-94-88(120)89(3)30-12-37-107(89)87(119)73(92-34-42-109)48-63-19-22-70(121-6)23-20-63/h11,13-24,42,47,51,56-57,60-61,72-74,76,82,92H,7-10,12,25-41,43-46,48-50,52-55,58-59,91H2,1-6H3,(H7-,93,94,95,96,97,98,99,100,110,111,112,113,115,116,117,120)/p+1/t60-,61+,72+,73+,74+,76?,82+,89+/m1/s1. The molecule has 125 heavy (non-hydrogen) atoms. The van der Waals surface area contributed by atoms with Crippen molar-refractivity contribution < 1.29 is 90.1 Å². The molecular weight excluding hydrogens is 1610 g/mol. The molecule has 8 atom stereocenters. The molecule has 2 aromatic heterocycles. The summed E-state index contributed by atoms with van der Waals surface area (Å²) in [6.45, 7) is 9.67. The number of nitrogens with one attached hydrogen (secondary N) is 9. The number of methoxy groups -OCH3 is 1. The highest BCUT2D eigenvalue weighted by molar-refractivity contribution is 5.98. The number of carbonyl (C=O) groups excluding carboxylic acids is 12. The number of aromatic nitrogens is 4. The molecule has 36 heteroatoms. The van der Waals surface area contributed by atoms with Crippen LogP contribution in [-0.2, 0) is 135 Å². The van der Waals surface area contributed by atoms with E-state index in [1.807, 2.05) is 47.2 Å². The SMILES string of the molecule is COc1ccc(C[C@H](NCC=O)C(=O)N2CCC[C@@]2(C)C(=O)NCCc2ccc(CN3CCCCCCn4cc(c5cc(F)ccc54)C[C@@H]4NC(=O)[C@H](Cc5cccc(c5)CNC(=O)COC5CCN(C4=O)[C@@H]5C(=O)NC[C@@H](C)OCc4cn(CCNC(=O)CCOCCOCC[N+](C)(C)CCN)nn4)NC(=O)CNC(=O)[C@H](C)NC(=O)CCC3=O)cc2)cc1. The van der Waals surface area contributed by atoms with Crippen LogP contribution in [0.5, 0.6) is 5.75 Å². The molecule has 11 amide bonds. The lowest BCUT2D eigenvalue weighted by Crippen LogP contribution is -2.59. The van der Waals surface area contributed by atoms with Crippen LogP contribution >= 0.6 is 0 Å². The topological polar surface area (TPSA) is 431 Å².